The average molecular weight is 253 g/mol. The molecule has 1 aromatic rings. The van der Waals surface area contributed by atoms with Gasteiger partial charge in [0.05, 0.1) is 12.5 Å². The number of methoxy groups -OCH3 is 1. The summed E-state index contributed by atoms with van der Waals surface area (Å²) in [5.74, 6) is 1.78. The molecule has 2 fully saturated rings. The lowest BCUT2D eigenvalue weighted by Gasteiger charge is -2.25. The fraction of sp³-hybridized carbons (Fsp3) is 0.833. The molecule has 2 N–H and O–H groups in total. The molecule has 18 heavy (non-hydrogen) atoms. The van der Waals surface area contributed by atoms with Gasteiger partial charge in [-0.2, -0.15) is 4.98 Å². The molecule has 6 nitrogen and oxygen atoms in total. The van der Waals surface area contributed by atoms with Crippen molar-refractivity contribution in [2.24, 2.45) is 11.7 Å². The van der Waals surface area contributed by atoms with E-state index in [4.69, 9.17) is 19.7 Å². The van der Waals surface area contributed by atoms with Crippen LogP contribution < -0.4 is 5.73 Å². The van der Waals surface area contributed by atoms with Crippen molar-refractivity contribution < 1.29 is 14.0 Å². The van der Waals surface area contributed by atoms with Gasteiger partial charge in [0.2, 0.25) is 11.7 Å². The summed E-state index contributed by atoms with van der Waals surface area (Å²) in [4.78, 5) is 4.45. The molecule has 6 heteroatoms. The Morgan fingerprint density at radius 2 is 2.22 bits per heavy atom. The highest BCUT2D eigenvalue weighted by Gasteiger charge is 2.37. The first kappa shape index (κ1) is 12.1. The topological polar surface area (TPSA) is 83.4 Å². The van der Waals surface area contributed by atoms with Crippen LogP contribution in [-0.2, 0) is 9.47 Å². The van der Waals surface area contributed by atoms with Crippen molar-refractivity contribution >= 4 is 0 Å². The van der Waals surface area contributed by atoms with Crippen molar-refractivity contribution in [3.63, 3.8) is 0 Å². The van der Waals surface area contributed by atoms with Crippen LogP contribution in [-0.4, -0.2) is 36.5 Å². The van der Waals surface area contributed by atoms with E-state index in [2.05, 4.69) is 10.1 Å². The summed E-state index contributed by atoms with van der Waals surface area (Å²) in [6, 6.07) is 0.0361. The van der Waals surface area contributed by atoms with E-state index in [0.29, 0.717) is 30.8 Å². The molecule has 1 saturated carbocycles. The molecule has 0 radical (unpaired) electrons. The summed E-state index contributed by atoms with van der Waals surface area (Å²) in [6.45, 7) is 1.27. The van der Waals surface area contributed by atoms with E-state index in [0.717, 1.165) is 6.42 Å². The number of rotatable bonds is 4. The van der Waals surface area contributed by atoms with Gasteiger partial charge in [0, 0.05) is 19.8 Å². The Hall–Kier alpha value is -0.980. The zero-order chi connectivity index (χ0) is 12.5. The second kappa shape index (κ2) is 4.95. The minimum absolute atomic E-state index is 0.0108. The second-order valence-corrected chi connectivity index (χ2v) is 5.12. The molecular weight excluding hydrogens is 234 g/mol. The zero-order valence-electron chi connectivity index (χ0n) is 10.5. The lowest BCUT2D eigenvalue weighted by molar-refractivity contribution is 0.0589. The maximum atomic E-state index is 6.06. The van der Waals surface area contributed by atoms with Crippen molar-refractivity contribution in [1.29, 1.82) is 0 Å². The predicted octanol–water partition coefficient (Wildman–Crippen LogP) is 0.998. The number of hydrogen-bond donors (Lipinski definition) is 1. The molecule has 3 atom stereocenters. The summed E-state index contributed by atoms with van der Waals surface area (Å²) < 4.78 is 16.2. The zero-order valence-corrected chi connectivity index (χ0v) is 10.5. The van der Waals surface area contributed by atoms with E-state index in [9.17, 15) is 0 Å². The first-order chi connectivity index (χ1) is 8.79. The third-order valence-electron chi connectivity index (χ3n) is 3.74. The van der Waals surface area contributed by atoms with Crippen LogP contribution in [0.25, 0.3) is 0 Å². The lowest BCUT2D eigenvalue weighted by atomic mass is 9.97. The Kier molecular flexibility index (Phi) is 3.32. The number of nitrogens with zero attached hydrogens (tertiary/aromatic N) is 2. The van der Waals surface area contributed by atoms with Crippen LogP contribution in [0.1, 0.15) is 43.0 Å². The quantitative estimate of drug-likeness (QED) is 0.861. The Bertz CT molecular complexity index is 405. The summed E-state index contributed by atoms with van der Waals surface area (Å²) in [7, 11) is 1.69. The highest BCUT2D eigenvalue weighted by Crippen LogP contribution is 2.42. The van der Waals surface area contributed by atoms with E-state index in [-0.39, 0.29) is 18.1 Å². The largest absolute Gasteiger partial charge is 0.381 e. The Morgan fingerprint density at radius 1 is 1.39 bits per heavy atom. The average Bonchev–Trinajstić information content (AvgIpc) is 3.09. The van der Waals surface area contributed by atoms with Crippen LogP contribution in [0.5, 0.6) is 0 Å². The Balaban J connectivity index is 1.75. The number of nitrogens with two attached hydrogens (primary N) is 1. The van der Waals surface area contributed by atoms with Gasteiger partial charge in [-0.1, -0.05) is 5.16 Å². The molecule has 3 unspecified atom stereocenters. The van der Waals surface area contributed by atoms with Crippen molar-refractivity contribution in [3.05, 3.63) is 11.7 Å². The molecular formula is C12H19N3O3. The van der Waals surface area contributed by atoms with Crippen LogP contribution in [0.2, 0.25) is 0 Å². The Morgan fingerprint density at radius 3 is 2.89 bits per heavy atom. The van der Waals surface area contributed by atoms with Crippen LogP contribution in [0.15, 0.2) is 4.52 Å². The third kappa shape index (κ3) is 2.28. The molecule has 2 heterocycles. The van der Waals surface area contributed by atoms with E-state index in [1.54, 1.807) is 7.11 Å². The van der Waals surface area contributed by atoms with Gasteiger partial charge in [-0.3, -0.25) is 0 Å². The van der Waals surface area contributed by atoms with Gasteiger partial charge in [0.25, 0.3) is 0 Å². The highest BCUT2D eigenvalue weighted by molar-refractivity contribution is 5.04. The molecule has 1 aromatic heterocycles. The summed E-state index contributed by atoms with van der Waals surface area (Å²) >= 11 is 0. The highest BCUT2D eigenvalue weighted by atomic mass is 16.5. The van der Waals surface area contributed by atoms with Gasteiger partial charge < -0.3 is 19.7 Å². The predicted molar refractivity (Wildman–Crippen MR) is 62.9 cm³/mol. The summed E-state index contributed by atoms with van der Waals surface area (Å²) in [6.07, 6.45) is 3.14. The number of ether oxygens (including phenoxy) is 2. The van der Waals surface area contributed by atoms with Crippen molar-refractivity contribution in [3.8, 4) is 0 Å². The SMILES string of the molecule is COC(c1noc(C2COCCC2N)n1)C1CC1. The molecule has 100 valence electrons. The van der Waals surface area contributed by atoms with E-state index < -0.39 is 0 Å². The van der Waals surface area contributed by atoms with Gasteiger partial charge in [0.1, 0.15) is 6.10 Å². The third-order valence-corrected chi connectivity index (χ3v) is 3.74. The van der Waals surface area contributed by atoms with Crippen molar-refractivity contribution in [2.75, 3.05) is 20.3 Å². The number of aromatic nitrogens is 2. The molecule has 0 bridgehead atoms. The van der Waals surface area contributed by atoms with Gasteiger partial charge in [0.15, 0.2) is 0 Å². The minimum atomic E-state index is -0.0387. The molecule has 0 spiro atoms. The molecule has 0 aromatic carbocycles. The van der Waals surface area contributed by atoms with E-state index in [1.165, 1.54) is 12.8 Å². The molecule has 3 rings (SSSR count). The maximum absolute atomic E-state index is 6.06. The molecule has 0 amide bonds. The fourth-order valence-corrected chi connectivity index (χ4v) is 2.43. The van der Waals surface area contributed by atoms with Crippen LogP contribution >= 0.6 is 0 Å². The fourth-order valence-electron chi connectivity index (χ4n) is 2.43. The van der Waals surface area contributed by atoms with Crippen molar-refractivity contribution in [1.82, 2.24) is 10.1 Å². The normalized spacial score (nSPS) is 30.3. The van der Waals surface area contributed by atoms with Gasteiger partial charge >= 0.3 is 0 Å². The summed E-state index contributed by atoms with van der Waals surface area (Å²) in [5.41, 5.74) is 6.06. The van der Waals surface area contributed by atoms with Crippen LogP contribution in [0.4, 0.5) is 0 Å². The standard InChI is InChI=1S/C12H19N3O3/c1-16-10(7-2-3-7)11-14-12(18-15-11)8-6-17-5-4-9(8)13/h7-10H,2-6,13H2,1H3. The number of hydrogen-bond acceptors (Lipinski definition) is 6. The smallest absolute Gasteiger partial charge is 0.233 e. The maximum Gasteiger partial charge on any atom is 0.233 e. The van der Waals surface area contributed by atoms with Crippen LogP contribution in [0.3, 0.4) is 0 Å². The van der Waals surface area contributed by atoms with E-state index >= 15 is 0 Å². The molecule has 2 aliphatic rings. The summed E-state index contributed by atoms with van der Waals surface area (Å²) in [5, 5.41) is 4.04. The lowest BCUT2D eigenvalue weighted by Crippen LogP contribution is -2.37. The second-order valence-electron chi connectivity index (χ2n) is 5.12. The van der Waals surface area contributed by atoms with Crippen LogP contribution in [0, 0.1) is 5.92 Å². The van der Waals surface area contributed by atoms with E-state index in [1.807, 2.05) is 0 Å². The monoisotopic (exact) mass is 253 g/mol. The molecule has 1 aliphatic carbocycles. The first-order valence-electron chi connectivity index (χ1n) is 6.49. The van der Waals surface area contributed by atoms with Gasteiger partial charge in [-0.25, -0.2) is 0 Å². The minimum Gasteiger partial charge on any atom is -0.381 e. The Labute approximate surface area is 106 Å². The molecule has 1 aliphatic heterocycles. The van der Waals surface area contributed by atoms with Crippen molar-refractivity contribution in [2.45, 2.75) is 37.3 Å². The first-order valence-corrected chi connectivity index (χ1v) is 6.49. The van der Waals surface area contributed by atoms with Gasteiger partial charge in [-0.15, -0.1) is 0 Å². The molecule has 1 saturated heterocycles. The van der Waals surface area contributed by atoms with Gasteiger partial charge in [-0.05, 0) is 25.2 Å².